The molecule has 8 bridgehead atoms. The maximum Gasteiger partial charge on any atom is 0.339 e. The van der Waals surface area contributed by atoms with Crippen LogP contribution in [0.4, 0.5) is 0 Å². The van der Waals surface area contributed by atoms with Gasteiger partial charge in [-0.2, -0.15) is 0 Å². The van der Waals surface area contributed by atoms with Gasteiger partial charge in [-0.25, -0.2) is 19.6 Å². The molecule has 4 aromatic rings. The molecule has 2 N–H and O–H groups in total. The van der Waals surface area contributed by atoms with Gasteiger partial charge < -0.3 is 33.7 Å². The molecule has 2 aliphatic heterocycles. The van der Waals surface area contributed by atoms with Crippen molar-refractivity contribution in [3.05, 3.63) is 82.2 Å². The molecule has 11 nitrogen and oxygen atoms in total. The van der Waals surface area contributed by atoms with E-state index in [0.717, 1.165) is 44.6 Å². The van der Waals surface area contributed by atoms with Gasteiger partial charge in [-0.15, -0.1) is 0 Å². The zero-order chi connectivity index (χ0) is 33.8. The van der Waals surface area contributed by atoms with Crippen LogP contribution in [0.1, 0.15) is 49.7 Å². The minimum absolute atomic E-state index is 0.0889. The number of aromatic nitrogens is 4. The first kappa shape index (κ1) is 32.8. The summed E-state index contributed by atoms with van der Waals surface area (Å²) in [6.45, 7) is 1.60. The van der Waals surface area contributed by atoms with E-state index in [1.54, 1.807) is 33.5 Å². The number of nitrogens with zero attached hydrogens (tertiary/aromatic N) is 2. The third kappa shape index (κ3) is 6.27. The number of H-pyrrole nitrogens is 2. The molecule has 0 radical (unpaired) electrons. The average Bonchev–Trinajstić information content (AvgIpc) is 3.89. The van der Waals surface area contributed by atoms with Crippen molar-refractivity contribution >= 4 is 45.7 Å². The van der Waals surface area contributed by atoms with Crippen molar-refractivity contribution in [1.29, 1.82) is 0 Å². The molecule has 0 aliphatic carbocycles. The van der Waals surface area contributed by atoms with E-state index in [1.807, 2.05) is 30.3 Å². The first-order chi connectivity index (χ1) is 23.4. The van der Waals surface area contributed by atoms with Gasteiger partial charge in [0.1, 0.15) is 0 Å². The molecule has 1 aromatic carbocycles. The Kier molecular flexibility index (Phi) is 9.81. The quantitative estimate of drug-likeness (QED) is 0.161. The van der Waals surface area contributed by atoms with Crippen LogP contribution in [0.15, 0.2) is 48.5 Å². The van der Waals surface area contributed by atoms with Crippen LogP contribution in [0, 0.1) is 0 Å². The summed E-state index contributed by atoms with van der Waals surface area (Å²) in [7, 11) is 7.60. The molecule has 0 atom stereocenters. The van der Waals surface area contributed by atoms with Crippen LogP contribution >= 0.6 is 0 Å². The van der Waals surface area contributed by atoms with E-state index in [0.29, 0.717) is 67.1 Å². The molecule has 248 valence electrons. The topological polar surface area (TPSA) is 138 Å². The first-order valence-electron chi connectivity index (χ1n) is 15.6. The molecule has 0 unspecified atom stereocenters. The summed E-state index contributed by atoms with van der Waals surface area (Å²) in [6, 6.07) is 15.4. The molecule has 0 saturated carbocycles. The standard InChI is InChI=1S/C37H38N4O7/c1-44-15-12-21-18-30-31-19-22(13-16-45-2)27(39-31)10-11-29-24-6-7-25(36(42)47-4)34(37(43)48-5)33(24)35(41-29)32-20-23(14-17-46-3)28(40-32)9-8-26(21)38-30/h6-11,18-20,39-40H,12-17H2,1-5H3. The number of ether oxygens (including phenoxy) is 5. The predicted octanol–water partition coefficient (Wildman–Crippen LogP) is 6.18. The van der Waals surface area contributed by atoms with Gasteiger partial charge >= 0.3 is 11.9 Å². The minimum Gasteiger partial charge on any atom is -0.465 e. The molecule has 48 heavy (non-hydrogen) atoms. The highest BCUT2D eigenvalue weighted by molar-refractivity contribution is 6.12. The molecule has 3 aromatic heterocycles. The van der Waals surface area contributed by atoms with Gasteiger partial charge in [0, 0.05) is 43.5 Å². The Balaban J connectivity index is 1.73. The van der Waals surface area contributed by atoms with E-state index in [4.69, 9.17) is 33.7 Å². The van der Waals surface area contributed by atoms with Crippen LogP contribution in [-0.4, -0.2) is 87.2 Å². The summed E-state index contributed by atoms with van der Waals surface area (Å²) >= 11 is 0. The van der Waals surface area contributed by atoms with E-state index in [9.17, 15) is 9.59 Å². The molecular weight excluding hydrogens is 612 g/mol. The van der Waals surface area contributed by atoms with Gasteiger partial charge in [-0.3, -0.25) is 0 Å². The third-order valence-corrected chi connectivity index (χ3v) is 8.57. The Labute approximate surface area is 277 Å². The van der Waals surface area contributed by atoms with Crippen LogP contribution in [-0.2, 0) is 36.5 Å². The summed E-state index contributed by atoms with van der Waals surface area (Å²) in [6.07, 6.45) is 4.11. The van der Waals surface area contributed by atoms with Crippen LogP contribution in [0.5, 0.6) is 0 Å². The number of fused-ring (bicyclic) bond motifs is 13. The number of rotatable bonds is 11. The van der Waals surface area contributed by atoms with E-state index >= 15 is 0 Å². The third-order valence-electron chi connectivity index (χ3n) is 8.57. The fourth-order valence-electron chi connectivity index (χ4n) is 6.13. The van der Waals surface area contributed by atoms with Crippen molar-refractivity contribution in [3.63, 3.8) is 0 Å². The van der Waals surface area contributed by atoms with Crippen LogP contribution < -0.4 is 0 Å². The van der Waals surface area contributed by atoms with Crippen LogP contribution in [0.2, 0.25) is 0 Å². The van der Waals surface area contributed by atoms with Crippen molar-refractivity contribution in [2.24, 2.45) is 0 Å². The number of benzene rings is 1. The van der Waals surface area contributed by atoms with Crippen LogP contribution in [0.25, 0.3) is 56.2 Å². The number of methoxy groups -OCH3 is 5. The lowest BCUT2D eigenvalue weighted by Gasteiger charge is -2.11. The van der Waals surface area contributed by atoms with E-state index in [2.05, 4.69) is 22.1 Å². The Morgan fingerprint density at radius 1 is 0.646 bits per heavy atom. The van der Waals surface area contributed by atoms with Gasteiger partial charge in [0.25, 0.3) is 0 Å². The van der Waals surface area contributed by atoms with E-state index < -0.39 is 11.9 Å². The first-order valence-corrected chi connectivity index (χ1v) is 15.6. The summed E-state index contributed by atoms with van der Waals surface area (Å²) in [5, 5.41) is 0. The molecule has 0 saturated heterocycles. The van der Waals surface area contributed by atoms with Crippen LogP contribution in [0.3, 0.4) is 0 Å². The Morgan fingerprint density at radius 3 is 1.90 bits per heavy atom. The second kappa shape index (κ2) is 14.3. The largest absolute Gasteiger partial charge is 0.465 e. The lowest BCUT2D eigenvalue weighted by Crippen LogP contribution is -2.13. The molecular formula is C37H38N4O7. The van der Waals surface area contributed by atoms with Gasteiger partial charge in [0.2, 0.25) is 0 Å². The van der Waals surface area contributed by atoms with Gasteiger partial charge in [-0.1, -0.05) is 6.07 Å². The summed E-state index contributed by atoms with van der Waals surface area (Å²) in [5.41, 5.74) is 10.5. The number of aromatic amines is 2. The maximum absolute atomic E-state index is 13.4. The molecule has 0 amide bonds. The monoisotopic (exact) mass is 650 g/mol. The summed E-state index contributed by atoms with van der Waals surface area (Å²) in [4.78, 5) is 43.5. The molecule has 2 aliphatic rings. The second-order valence-corrected chi connectivity index (χ2v) is 11.4. The molecule has 11 heteroatoms. The van der Waals surface area contributed by atoms with Crippen molar-refractivity contribution in [2.75, 3.05) is 55.4 Å². The number of esters is 2. The molecule has 0 fully saturated rings. The number of nitrogens with one attached hydrogen (secondary N) is 2. The highest BCUT2D eigenvalue weighted by Crippen LogP contribution is 2.42. The Bertz CT molecular complexity index is 2080. The van der Waals surface area contributed by atoms with E-state index in [-0.39, 0.29) is 11.1 Å². The average molecular weight is 651 g/mol. The van der Waals surface area contributed by atoms with Gasteiger partial charge in [0.15, 0.2) is 0 Å². The molecule has 6 rings (SSSR count). The zero-order valence-corrected chi connectivity index (χ0v) is 27.7. The van der Waals surface area contributed by atoms with Gasteiger partial charge in [0.05, 0.1) is 79.0 Å². The Morgan fingerprint density at radius 2 is 1.25 bits per heavy atom. The van der Waals surface area contributed by atoms with Crippen molar-refractivity contribution < 1.29 is 33.3 Å². The lowest BCUT2D eigenvalue weighted by atomic mass is 9.93. The number of carbonyl (C=O) groups excluding carboxylic acids is 2. The van der Waals surface area contributed by atoms with Crippen molar-refractivity contribution in [1.82, 2.24) is 19.9 Å². The van der Waals surface area contributed by atoms with Crippen molar-refractivity contribution in [3.8, 4) is 22.5 Å². The maximum atomic E-state index is 13.4. The second-order valence-electron chi connectivity index (χ2n) is 11.4. The smallest absolute Gasteiger partial charge is 0.339 e. The fourth-order valence-corrected chi connectivity index (χ4v) is 6.13. The SMILES string of the molecule is COCCC1=Cc2nc1ccc1[nH]c(cc1CCOC)c1nc(ccc3[nH]c2cc3CCOC)-c2ccc(C(=O)OC)c(C(=O)OC)c2-1. The van der Waals surface area contributed by atoms with Gasteiger partial charge in [-0.05, 0) is 84.5 Å². The zero-order valence-electron chi connectivity index (χ0n) is 27.7. The predicted molar refractivity (Wildman–Crippen MR) is 184 cm³/mol. The minimum atomic E-state index is -0.667. The number of carbonyl (C=O) groups is 2. The summed E-state index contributed by atoms with van der Waals surface area (Å²) in [5.74, 6) is -1.32. The molecule has 0 spiro atoms. The highest BCUT2D eigenvalue weighted by Gasteiger charge is 2.31. The number of hydrogen-bond acceptors (Lipinski definition) is 9. The van der Waals surface area contributed by atoms with E-state index in [1.165, 1.54) is 14.2 Å². The normalized spacial score (nSPS) is 12.1. The van der Waals surface area contributed by atoms with Crippen molar-refractivity contribution in [2.45, 2.75) is 19.3 Å². The lowest BCUT2D eigenvalue weighted by molar-refractivity contribution is 0.0556. The number of hydrogen-bond donors (Lipinski definition) is 2. The Hall–Kier alpha value is -5.10. The molecule has 5 heterocycles. The fraction of sp³-hybridized carbons (Fsp3) is 0.297. The highest BCUT2D eigenvalue weighted by atomic mass is 16.5. The summed E-state index contributed by atoms with van der Waals surface area (Å²) < 4.78 is 26.5.